The first-order chi connectivity index (χ1) is 12.8. The first-order valence-electron chi connectivity index (χ1n) is 7.93. The molecule has 0 amide bonds. The molecule has 0 aromatic rings. The molecule has 0 saturated heterocycles. The smallest absolute Gasteiger partial charge is 0.195 e. The SMILES string of the molecule is CCCCCCC#C/C=C/C(F)(F)C(F)(F)C(F)(F)C(F)(F)C(F)(F)C(F)(F)F. The highest BCUT2D eigenvalue weighted by atomic mass is 19.4. The van der Waals surface area contributed by atoms with Crippen molar-refractivity contribution in [1.29, 1.82) is 0 Å². The average Bonchev–Trinajstić information content (AvgIpc) is 2.55. The summed E-state index contributed by atoms with van der Waals surface area (Å²) in [6.07, 6.45) is -5.65. The van der Waals surface area contributed by atoms with Crippen LogP contribution in [-0.4, -0.2) is 35.8 Å². The number of hydrogen-bond acceptors (Lipinski definition) is 0. The molecule has 0 nitrogen and oxygen atoms in total. The van der Waals surface area contributed by atoms with Crippen molar-refractivity contribution < 1.29 is 57.1 Å². The summed E-state index contributed by atoms with van der Waals surface area (Å²) in [5.74, 6) is -33.0. The molecule has 13 heteroatoms. The lowest BCUT2D eigenvalue weighted by atomic mass is 9.94. The van der Waals surface area contributed by atoms with Crippen molar-refractivity contribution in [1.82, 2.24) is 0 Å². The molecular formula is C16H15F13. The number of allylic oxidation sites excluding steroid dienone is 2. The highest BCUT2D eigenvalue weighted by Crippen LogP contribution is 2.60. The fourth-order valence-corrected chi connectivity index (χ4v) is 1.80. The molecule has 0 saturated carbocycles. The van der Waals surface area contributed by atoms with E-state index in [2.05, 4.69) is 5.92 Å². The highest BCUT2D eigenvalue weighted by Gasteiger charge is 2.90. The Hall–Kier alpha value is -1.61. The predicted octanol–water partition coefficient (Wildman–Crippen LogP) is 7.26. The van der Waals surface area contributed by atoms with Crippen molar-refractivity contribution in [2.45, 2.75) is 74.8 Å². The van der Waals surface area contributed by atoms with E-state index in [1.165, 1.54) is 0 Å². The molecule has 0 N–H and O–H groups in total. The summed E-state index contributed by atoms with van der Waals surface area (Å²) >= 11 is 0. The molecule has 0 unspecified atom stereocenters. The molecule has 0 atom stereocenters. The van der Waals surface area contributed by atoms with Crippen LogP contribution in [0.3, 0.4) is 0 Å². The molecule has 0 radical (unpaired) electrons. The molecule has 0 aromatic carbocycles. The highest BCUT2D eigenvalue weighted by molar-refractivity contribution is 5.22. The van der Waals surface area contributed by atoms with E-state index in [-0.39, 0.29) is 12.5 Å². The van der Waals surface area contributed by atoms with E-state index in [0.717, 1.165) is 12.8 Å². The van der Waals surface area contributed by atoms with Gasteiger partial charge in [0.1, 0.15) is 0 Å². The molecule has 0 rings (SSSR count). The summed E-state index contributed by atoms with van der Waals surface area (Å²) in [6, 6.07) is 0. The molecule has 0 aliphatic rings. The molecule has 0 fully saturated rings. The van der Waals surface area contributed by atoms with Gasteiger partial charge in [0.05, 0.1) is 0 Å². The van der Waals surface area contributed by atoms with E-state index >= 15 is 0 Å². The first kappa shape index (κ1) is 27.4. The van der Waals surface area contributed by atoms with E-state index in [4.69, 9.17) is 0 Å². The van der Waals surface area contributed by atoms with Gasteiger partial charge in [-0.2, -0.15) is 57.1 Å². The van der Waals surface area contributed by atoms with Crippen molar-refractivity contribution in [3.63, 3.8) is 0 Å². The lowest BCUT2D eigenvalue weighted by Crippen LogP contribution is -2.69. The van der Waals surface area contributed by atoms with Crippen LogP contribution in [0, 0.1) is 11.8 Å². The van der Waals surface area contributed by atoms with Gasteiger partial charge >= 0.3 is 35.8 Å². The van der Waals surface area contributed by atoms with Crippen molar-refractivity contribution in [3.8, 4) is 11.8 Å². The normalized spacial score (nSPS) is 14.8. The van der Waals surface area contributed by atoms with Gasteiger partial charge in [0.15, 0.2) is 0 Å². The van der Waals surface area contributed by atoms with Gasteiger partial charge in [0.25, 0.3) is 0 Å². The van der Waals surface area contributed by atoms with E-state index in [9.17, 15) is 57.1 Å². The van der Waals surface area contributed by atoms with Gasteiger partial charge in [-0.3, -0.25) is 0 Å². The van der Waals surface area contributed by atoms with Crippen molar-refractivity contribution >= 4 is 0 Å². The summed E-state index contributed by atoms with van der Waals surface area (Å²) in [6.45, 7) is 1.88. The van der Waals surface area contributed by atoms with Crippen molar-refractivity contribution in [2.75, 3.05) is 0 Å². The molecule has 0 spiro atoms. The van der Waals surface area contributed by atoms with E-state index in [0.29, 0.717) is 12.8 Å². The maximum absolute atomic E-state index is 13.3. The molecular weight excluding hydrogens is 439 g/mol. The van der Waals surface area contributed by atoms with Crippen molar-refractivity contribution in [2.24, 2.45) is 0 Å². The van der Waals surface area contributed by atoms with Crippen LogP contribution in [0.15, 0.2) is 12.2 Å². The topological polar surface area (TPSA) is 0 Å². The third kappa shape index (κ3) is 5.31. The van der Waals surface area contributed by atoms with Crippen LogP contribution < -0.4 is 0 Å². The zero-order valence-corrected chi connectivity index (χ0v) is 14.6. The maximum atomic E-state index is 13.3. The van der Waals surface area contributed by atoms with Gasteiger partial charge in [-0.25, -0.2) is 0 Å². The second kappa shape index (κ2) is 9.04. The Kier molecular flexibility index (Phi) is 8.53. The third-order valence-corrected chi connectivity index (χ3v) is 3.59. The predicted molar refractivity (Wildman–Crippen MR) is 76.5 cm³/mol. The minimum absolute atomic E-state index is 0.0956. The van der Waals surface area contributed by atoms with E-state index in [1.54, 1.807) is 5.92 Å². The van der Waals surface area contributed by atoms with Gasteiger partial charge in [-0.05, 0) is 18.6 Å². The number of hydrogen-bond donors (Lipinski definition) is 0. The van der Waals surface area contributed by atoms with Crippen LogP contribution in [0.25, 0.3) is 0 Å². The molecule has 0 aliphatic heterocycles. The van der Waals surface area contributed by atoms with Crippen LogP contribution in [-0.2, 0) is 0 Å². The molecule has 0 bridgehead atoms. The second-order valence-electron chi connectivity index (χ2n) is 5.88. The average molecular weight is 454 g/mol. The zero-order chi connectivity index (χ0) is 23.4. The summed E-state index contributed by atoms with van der Waals surface area (Å²) in [5.41, 5.74) is 0. The first-order valence-corrected chi connectivity index (χ1v) is 7.93. The number of rotatable bonds is 9. The van der Waals surface area contributed by atoms with Gasteiger partial charge in [0.2, 0.25) is 0 Å². The standard InChI is InChI=1S/C16H15F13/c1-2-3-4-5-6-7-8-9-10-11(17,18)12(19,20)13(21,22)14(23,24)15(25,26)16(27,28)29/h9-10H,2-6H2,1H3/b10-9+. The second-order valence-corrected chi connectivity index (χ2v) is 5.88. The lowest BCUT2D eigenvalue weighted by Gasteiger charge is -2.39. The van der Waals surface area contributed by atoms with Crippen LogP contribution in [0.1, 0.15) is 39.0 Å². The Morgan fingerprint density at radius 3 is 1.55 bits per heavy atom. The number of halogens is 13. The number of alkyl halides is 13. The largest absolute Gasteiger partial charge is 0.460 e. The molecule has 0 aromatic heterocycles. The van der Waals surface area contributed by atoms with E-state index in [1.807, 2.05) is 6.92 Å². The summed E-state index contributed by atoms with van der Waals surface area (Å²) in [7, 11) is 0. The molecule has 0 aliphatic carbocycles. The van der Waals surface area contributed by atoms with Gasteiger partial charge in [0, 0.05) is 6.42 Å². The fourth-order valence-electron chi connectivity index (χ4n) is 1.80. The van der Waals surface area contributed by atoms with Gasteiger partial charge in [-0.1, -0.05) is 38.0 Å². The Labute approximate surface area is 157 Å². The molecule has 29 heavy (non-hydrogen) atoms. The van der Waals surface area contributed by atoms with Crippen LogP contribution in [0.2, 0.25) is 0 Å². The zero-order valence-electron chi connectivity index (χ0n) is 14.6. The summed E-state index contributed by atoms with van der Waals surface area (Å²) < 4.78 is 167. The Morgan fingerprint density at radius 1 is 0.621 bits per heavy atom. The molecule has 170 valence electrons. The van der Waals surface area contributed by atoms with Crippen LogP contribution >= 0.6 is 0 Å². The quantitative estimate of drug-likeness (QED) is 0.196. The third-order valence-electron chi connectivity index (χ3n) is 3.59. The fraction of sp³-hybridized carbons (Fsp3) is 0.750. The van der Waals surface area contributed by atoms with Gasteiger partial charge in [-0.15, -0.1) is 0 Å². The Morgan fingerprint density at radius 2 is 1.10 bits per heavy atom. The summed E-state index contributed by atoms with van der Waals surface area (Å²) in [5, 5.41) is 0. The maximum Gasteiger partial charge on any atom is 0.460 e. The molecule has 0 heterocycles. The Bertz CT molecular complexity index is 617. The van der Waals surface area contributed by atoms with Crippen molar-refractivity contribution in [3.05, 3.63) is 12.2 Å². The van der Waals surface area contributed by atoms with E-state index < -0.39 is 41.9 Å². The van der Waals surface area contributed by atoms with Crippen LogP contribution in [0.5, 0.6) is 0 Å². The van der Waals surface area contributed by atoms with Crippen LogP contribution in [0.4, 0.5) is 57.1 Å². The lowest BCUT2D eigenvalue weighted by molar-refractivity contribution is -0.436. The minimum Gasteiger partial charge on any atom is -0.195 e. The minimum atomic E-state index is -7.88. The summed E-state index contributed by atoms with van der Waals surface area (Å²) in [4.78, 5) is 0. The van der Waals surface area contributed by atoms with Gasteiger partial charge < -0.3 is 0 Å². The monoisotopic (exact) mass is 454 g/mol. The number of unbranched alkanes of at least 4 members (excludes halogenated alkanes) is 4. The Balaban J connectivity index is 5.66.